The summed E-state index contributed by atoms with van der Waals surface area (Å²) < 4.78 is 0. The lowest BCUT2D eigenvalue weighted by Gasteiger charge is -2.05. The van der Waals surface area contributed by atoms with Crippen molar-refractivity contribution in [1.29, 1.82) is 0 Å². The van der Waals surface area contributed by atoms with E-state index in [9.17, 15) is 9.59 Å². The van der Waals surface area contributed by atoms with Crippen molar-refractivity contribution in [2.75, 3.05) is 13.6 Å². The van der Waals surface area contributed by atoms with Crippen molar-refractivity contribution < 1.29 is 9.59 Å². The van der Waals surface area contributed by atoms with Gasteiger partial charge in [-0.25, -0.2) is 0 Å². The first-order chi connectivity index (χ1) is 9.11. The molecule has 0 fully saturated rings. The lowest BCUT2D eigenvalue weighted by Crippen LogP contribution is -2.26. The van der Waals surface area contributed by atoms with Crippen LogP contribution in [0.5, 0.6) is 0 Å². The fraction of sp³-hybridized carbons (Fsp3) is 0.467. The Balaban J connectivity index is 2.13. The Morgan fingerprint density at radius 3 is 2.32 bits per heavy atom. The maximum absolute atomic E-state index is 11.5. The van der Waals surface area contributed by atoms with Crippen LogP contribution in [0.4, 0.5) is 0 Å². The third-order valence-corrected chi connectivity index (χ3v) is 2.94. The second-order valence-corrected chi connectivity index (χ2v) is 4.61. The zero-order valence-electron chi connectivity index (χ0n) is 11.7. The molecule has 0 saturated heterocycles. The number of benzene rings is 1. The Hall–Kier alpha value is -1.84. The summed E-state index contributed by atoms with van der Waals surface area (Å²) >= 11 is 0. The molecule has 0 atom stereocenters. The number of amides is 2. The van der Waals surface area contributed by atoms with E-state index in [0.29, 0.717) is 25.8 Å². The second-order valence-electron chi connectivity index (χ2n) is 4.61. The van der Waals surface area contributed by atoms with Crippen LogP contribution < -0.4 is 10.6 Å². The molecule has 1 rings (SSSR count). The number of rotatable bonds is 7. The molecule has 0 aliphatic rings. The molecule has 0 heterocycles. The molecule has 0 aromatic heterocycles. The topological polar surface area (TPSA) is 58.2 Å². The van der Waals surface area contributed by atoms with Crippen LogP contribution in [0, 0.1) is 6.92 Å². The molecule has 2 amide bonds. The first-order valence-corrected chi connectivity index (χ1v) is 6.64. The van der Waals surface area contributed by atoms with Gasteiger partial charge in [0.15, 0.2) is 0 Å². The van der Waals surface area contributed by atoms with E-state index in [1.807, 2.05) is 0 Å². The molecule has 0 aliphatic heterocycles. The van der Waals surface area contributed by atoms with Crippen LogP contribution in [0.25, 0.3) is 0 Å². The monoisotopic (exact) mass is 262 g/mol. The van der Waals surface area contributed by atoms with E-state index in [2.05, 4.69) is 41.8 Å². The third-order valence-electron chi connectivity index (χ3n) is 2.94. The number of carbonyl (C=O) groups excluding carboxylic acids is 2. The van der Waals surface area contributed by atoms with Crippen LogP contribution in [-0.4, -0.2) is 25.4 Å². The summed E-state index contributed by atoms with van der Waals surface area (Å²) in [6.07, 6.45) is 2.24. The largest absolute Gasteiger partial charge is 0.359 e. The van der Waals surface area contributed by atoms with Gasteiger partial charge in [0.1, 0.15) is 0 Å². The van der Waals surface area contributed by atoms with Crippen molar-refractivity contribution in [3.63, 3.8) is 0 Å². The van der Waals surface area contributed by atoms with Gasteiger partial charge in [-0.3, -0.25) is 9.59 Å². The molecule has 2 N–H and O–H groups in total. The van der Waals surface area contributed by atoms with E-state index >= 15 is 0 Å². The highest BCUT2D eigenvalue weighted by molar-refractivity contribution is 5.78. The Labute approximate surface area is 114 Å². The number of hydrogen-bond donors (Lipinski definition) is 2. The van der Waals surface area contributed by atoms with Crippen molar-refractivity contribution in [3.8, 4) is 0 Å². The lowest BCUT2D eigenvalue weighted by molar-refractivity contribution is -0.122. The zero-order chi connectivity index (χ0) is 14.1. The maximum Gasteiger partial charge on any atom is 0.220 e. The standard InChI is InChI=1S/C15H22N2O2/c1-12-6-8-13(9-7-12)10-11-17-15(19)5-3-4-14(18)16-2/h6-9H,3-5,10-11H2,1-2H3,(H,16,18)(H,17,19). The minimum absolute atomic E-state index is 0.0102. The predicted octanol–water partition coefficient (Wildman–Crippen LogP) is 1.57. The molecule has 4 nitrogen and oxygen atoms in total. The lowest BCUT2D eigenvalue weighted by atomic mass is 10.1. The molecule has 0 spiro atoms. The van der Waals surface area contributed by atoms with E-state index in [1.165, 1.54) is 11.1 Å². The minimum Gasteiger partial charge on any atom is -0.359 e. The van der Waals surface area contributed by atoms with Crippen LogP contribution >= 0.6 is 0 Å². The van der Waals surface area contributed by atoms with Crippen LogP contribution in [0.1, 0.15) is 30.4 Å². The highest BCUT2D eigenvalue weighted by Crippen LogP contribution is 2.03. The quantitative estimate of drug-likeness (QED) is 0.783. The van der Waals surface area contributed by atoms with Gasteiger partial charge in [-0.05, 0) is 25.3 Å². The summed E-state index contributed by atoms with van der Waals surface area (Å²) in [4.78, 5) is 22.5. The average Bonchev–Trinajstić information content (AvgIpc) is 2.41. The molecule has 4 heteroatoms. The van der Waals surface area contributed by atoms with E-state index in [0.717, 1.165) is 6.42 Å². The molecule has 0 radical (unpaired) electrons. The fourth-order valence-corrected chi connectivity index (χ4v) is 1.72. The van der Waals surface area contributed by atoms with E-state index < -0.39 is 0 Å². The van der Waals surface area contributed by atoms with Crippen molar-refractivity contribution >= 4 is 11.8 Å². The normalized spacial score (nSPS) is 10.0. The summed E-state index contributed by atoms with van der Waals surface area (Å²) in [5, 5.41) is 5.40. The summed E-state index contributed by atoms with van der Waals surface area (Å²) in [6.45, 7) is 2.69. The Bertz CT molecular complexity index is 413. The van der Waals surface area contributed by atoms with Gasteiger partial charge < -0.3 is 10.6 Å². The van der Waals surface area contributed by atoms with Crippen molar-refractivity contribution in [3.05, 3.63) is 35.4 Å². The van der Waals surface area contributed by atoms with Gasteiger partial charge in [0, 0.05) is 26.4 Å². The van der Waals surface area contributed by atoms with Crippen LogP contribution in [-0.2, 0) is 16.0 Å². The summed E-state index contributed by atoms with van der Waals surface area (Å²) in [7, 11) is 1.60. The maximum atomic E-state index is 11.5. The van der Waals surface area contributed by atoms with Crippen LogP contribution in [0.3, 0.4) is 0 Å². The molecular formula is C15H22N2O2. The van der Waals surface area contributed by atoms with Crippen molar-refractivity contribution in [1.82, 2.24) is 10.6 Å². The SMILES string of the molecule is CNC(=O)CCCC(=O)NCCc1ccc(C)cc1. The number of nitrogens with one attached hydrogen (secondary N) is 2. The average molecular weight is 262 g/mol. The Morgan fingerprint density at radius 2 is 1.68 bits per heavy atom. The highest BCUT2D eigenvalue weighted by atomic mass is 16.2. The van der Waals surface area contributed by atoms with Gasteiger partial charge in [0.25, 0.3) is 0 Å². The molecule has 104 valence electrons. The minimum atomic E-state index is -0.0209. The van der Waals surface area contributed by atoms with Gasteiger partial charge in [0.2, 0.25) is 11.8 Å². The molecule has 0 unspecified atom stereocenters. The molecule has 1 aromatic carbocycles. The van der Waals surface area contributed by atoms with Crippen LogP contribution in [0.2, 0.25) is 0 Å². The smallest absolute Gasteiger partial charge is 0.220 e. The van der Waals surface area contributed by atoms with Crippen LogP contribution in [0.15, 0.2) is 24.3 Å². The first-order valence-electron chi connectivity index (χ1n) is 6.64. The summed E-state index contributed by atoms with van der Waals surface area (Å²) in [5.74, 6) is -0.0107. The summed E-state index contributed by atoms with van der Waals surface area (Å²) in [6, 6.07) is 8.29. The zero-order valence-corrected chi connectivity index (χ0v) is 11.7. The molecule has 19 heavy (non-hydrogen) atoms. The second kappa shape index (κ2) is 8.29. The number of carbonyl (C=O) groups is 2. The molecule has 0 bridgehead atoms. The van der Waals surface area contributed by atoms with Gasteiger partial charge in [-0.1, -0.05) is 29.8 Å². The molecule has 0 aliphatic carbocycles. The molecule has 1 aromatic rings. The van der Waals surface area contributed by atoms with E-state index in [1.54, 1.807) is 7.05 Å². The number of aryl methyl sites for hydroxylation is 1. The van der Waals surface area contributed by atoms with E-state index in [4.69, 9.17) is 0 Å². The Kier molecular flexibility index (Phi) is 6.64. The van der Waals surface area contributed by atoms with Gasteiger partial charge in [-0.15, -0.1) is 0 Å². The van der Waals surface area contributed by atoms with Gasteiger partial charge in [0.05, 0.1) is 0 Å². The molecule has 0 saturated carbocycles. The summed E-state index contributed by atoms with van der Waals surface area (Å²) in [5.41, 5.74) is 2.46. The van der Waals surface area contributed by atoms with Gasteiger partial charge >= 0.3 is 0 Å². The Morgan fingerprint density at radius 1 is 1.05 bits per heavy atom. The third kappa shape index (κ3) is 6.60. The van der Waals surface area contributed by atoms with Gasteiger partial charge in [-0.2, -0.15) is 0 Å². The number of hydrogen-bond acceptors (Lipinski definition) is 2. The highest BCUT2D eigenvalue weighted by Gasteiger charge is 2.03. The molecular weight excluding hydrogens is 240 g/mol. The fourth-order valence-electron chi connectivity index (χ4n) is 1.72. The van der Waals surface area contributed by atoms with E-state index in [-0.39, 0.29) is 11.8 Å². The first kappa shape index (κ1) is 15.2. The predicted molar refractivity (Wildman–Crippen MR) is 75.8 cm³/mol. The van der Waals surface area contributed by atoms with Crippen molar-refractivity contribution in [2.24, 2.45) is 0 Å². The van der Waals surface area contributed by atoms with Crippen molar-refractivity contribution in [2.45, 2.75) is 32.6 Å².